The van der Waals surface area contributed by atoms with Gasteiger partial charge in [0.15, 0.2) is 5.82 Å². The molecule has 62 heavy (non-hydrogen) atoms. The average molecular weight is 791 g/mol. The van der Waals surface area contributed by atoms with Crippen molar-refractivity contribution in [2.75, 3.05) is 0 Å². The number of hydrogen-bond donors (Lipinski definition) is 0. The summed E-state index contributed by atoms with van der Waals surface area (Å²) in [5.41, 5.74) is 17.6. The second-order valence-corrected chi connectivity index (χ2v) is 16.0. The lowest BCUT2D eigenvalue weighted by Gasteiger charge is -2.34. The third-order valence-corrected chi connectivity index (χ3v) is 12.6. The normalized spacial score (nSPS) is 12.6. The predicted octanol–water partition coefficient (Wildman–Crippen LogP) is 15.1. The topological polar surface area (TPSA) is 38.9 Å². The standard InChI is InChI=1S/C59H38N2O/c1-5-19-39(20-6-1)56-47(49-31-18-30-48-46-28-14-16-34-55(46)62-57(48)49)29-17-32-50(56)54-38-53(60-58(61-54)40-21-7-2-8-22-40)41-35-36-45-44-27-13-15-33-51(44)59(52(45)37-41,42-23-9-3-10-24-42)43-25-11-4-12-26-43/h1-38H. The van der Waals surface area contributed by atoms with Crippen LogP contribution < -0.4 is 0 Å². The van der Waals surface area contributed by atoms with E-state index in [2.05, 4.69) is 212 Å². The maximum absolute atomic E-state index is 6.64. The van der Waals surface area contributed by atoms with Crippen molar-refractivity contribution in [3.8, 4) is 67.3 Å². The molecule has 12 rings (SSSR count). The molecule has 0 unspecified atom stereocenters. The Kier molecular flexibility index (Phi) is 8.39. The molecule has 1 aliphatic carbocycles. The van der Waals surface area contributed by atoms with Gasteiger partial charge in [-0.2, -0.15) is 0 Å². The van der Waals surface area contributed by atoms with E-state index < -0.39 is 5.41 Å². The van der Waals surface area contributed by atoms with Crippen molar-refractivity contribution in [1.82, 2.24) is 9.97 Å². The third kappa shape index (κ3) is 5.59. The molecule has 9 aromatic carbocycles. The highest BCUT2D eigenvalue weighted by Gasteiger charge is 2.46. The van der Waals surface area contributed by atoms with Crippen molar-refractivity contribution in [3.63, 3.8) is 0 Å². The zero-order valence-corrected chi connectivity index (χ0v) is 33.7. The highest BCUT2D eigenvalue weighted by molar-refractivity contribution is 6.11. The summed E-state index contributed by atoms with van der Waals surface area (Å²) in [7, 11) is 0. The second-order valence-electron chi connectivity index (χ2n) is 16.0. The second kappa shape index (κ2) is 14.5. The van der Waals surface area contributed by atoms with Crippen molar-refractivity contribution >= 4 is 21.9 Å². The van der Waals surface area contributed by atoms with Crippen LogP contribution >= 0.6 is 0 Å². The number of furan rings is 1. The number of benzene rings is 9. The first-order chi connectivity index (χ1) is 30.8. The van der Waals surface area contributed by atoms with E-state index in [1.807, 2.05) is 18.2 Å². The van der Waals surface area contributed by atoms with E-state index in [1.165, 1.54) is 33.4 Å². The fourth-order valence-electron chi connectivity index (χ4n) is 9.92. The summed E-state index contributed by atoms with van der Waals surface area (Å²) in [5.74, 6) is 0.670. The molecule has 0 aliphatic heterocycles. The smallest absolute Gasteiger partial charge is 0.160 e. The Hall–Kier alpha value is -8.14. The zero-order valence-electron chi connectivity index (χ0n) is 33.7. The summed E-state index contributed by atoms with van der Waals surface area (Å²) < 4.78 is 6.64. The molecule has 0 radical (unpaired) electrons. The summed E-state index contributed by atoms with van der Waals surface area (Å²) in [6.07, 6.45) is 0. The highest BCUT2D eigenvalue weighted by atomic mass is 16.3. The minimum atomic E-state index is -0.533. The van der Waals surface area contributed by atoms with Crippen LogP contribution in [0.2, 0.25) is 0 Å². The fourth-order valence-corrected chi connectivity index (χ4v) is 9.92. The first kappa shape index (κ1) is 35.8. The molecule has 290 valence electrons. The van der Waals surface area contributed by atoms with Crippen LogP contribution in [0.15, 0.2) is 235 Å². The third-order valence-electron chi connectivity index (χ3n) is 12.6. The molecule has 0 spiro atoms. The number of hydrogen-bond acceptors (Lipinski definition) is 3. The minimum Gasteiger partial charge on any atom is -0.455 e. The predicted molar refractivity (Wildman–Crippen MR) is 254 cm³/mol. The van der Waals surface area contributed by atoms with Crippen LogP contribution in [-0.2, 0) is 5.41 Å². The van der Waals surface area contributed by atoms with Crippen LogP contribution in [0.3, 0.4) is 0 Å². The molecule has 0 saturated carbocycles. The van der Waals surface area contributed by atoms with Crippen LogP contribution in [0.1, 0.15) is 22.3 Å². The van der Waals surface area contributed by atoms with E-state index in [1.54, 1.807) is 0 Å². The van der Waals surface area contributed by atoms with Crippen molar-refractivity contribution in [1.29, 1.82) is 0 Å². The van der Waals surface area contributed by atoms with Gasteiger partial charge in [0.25, 0.3) is 0 Å². The Morgan fingerprint density at radius 1 is 0.339 bits per heavy atom. The van der Waals surface area contributed by atoms with Crippen LogP contribution in [0.25, 0.3) is 89.2 Å². The van der Waals surface area contributed by atoms with E-state index in [9.17, 15) is 0 Å². The lowest BCUT2D eigenvalue weighted by molar-refractivity contribution is 0.670. The molecule has 2 heterocycles. The number of nitrogens with zero attached hydrogens (tertiary/aromatic N) is 2. The summed E-state index contributed by atoms with van der Waals surface area (Å²) in [6, 6.07) is 82.1. The molecule has 1 aliphatic rings. The molecule has 2 aromatic heterocycles. The van der Waals surface area contributed by atoms with E-state index in [4.69, 9.17) is 14.4 Å². The number of aromatic nitrogens is 2. The van der Waals surface area contributed by atoms with Gasteiger partial charge in [0.2, 0.25) is 0 Å². The van der Waals surface area contributed by atoms with Gasteiger partial charge in [0.1, 0.15) is 11.2 Å². The highest BCUT2D eigenvalue weighted by Crippen LogP contribution is 2.57. The largest absolute Gasteiger partial charge is 0.455 e. The molecule has 0 fully saturated rings. The van der Waals surface area contributed by atoms with Gasteiger partial charge in [0.05, 0.1) is 16.8 Å². The van der Waals surface area contributed by atoms with Crippen molar-refractivity contribution in [2.24, 2.45) is 0 Å². The molecule has 3 nitrogen and oxygen atoms in total. The molecular weight excluding hydrogens is 753 g/mol. The maximum Gasteiger partial charge on any atom is 0.160 e. The maximum atomic E-state index is 6.64. The molecule has 0 saturated heterocycles. The van der Waals surface area contributed by atoms with Gasteiger partial charge >= 0.3 is 0 Å². The first-order valence-electron chi connectivity index (χ1n) is 21.2. The molecular formula is C59H38N2O. The van der Waals surface area contributed by atoms with Gasteiger partial charge in [-0.3, -0.25) is 0 Å². The summed E-state index contributed by atoms with van der Waals surface area (Å²) in [5, 5.41) is 2.20. The zero-order chi connectivity index (χ0) is 41.0. The van der Waals surface area contributed by atoms with E-state index in [0.29, 0.717) is 5.82 Å². The number of para-hydroxylation sites is 2. The van der Waals surface area contributed by atoms with Crippen molar-refractivity contribution in [3.05, 3.63) is 253 Å². The Morgan fingerprint density at radius 2 is 0.887 bits per heavy atom. The van der Waals surface area contributed by atoms with Gasteiger partial charge in [0, 0.05) is 33.0 Å². The van der Waals surface area contributed by atoms with Crippen LogP contribution in [0.4, 0.5) is 0 Å². The Balaban J connectivity index is 1.12. The summed E-state index contributed by atoms with van der Waals surface area (Å²) in [6.45, 7) is 0. The first-order valence-corrected chi connectivity index (χ1v) is 21.2. The molecule has 0 amide bonds. The SMILES string of the molecule is c1ccc(-c2nc(-c3ccc4c(c3)C(c3ccccc3)(c3ccccc3)c3ccccc3-4)cc(-c3cccc(-c4cccc5c4oc4ccccc45)c3-c3ccccc3)n2)cc1. The van der Waals surface area contributed by atoms with Crippen LogP contribution in [0.5, 0.6) is 0 Å². The van der Waals surface area contributed by atoms with Crippen molar-refractivity contribution < 1.29 is 4.42 Å². The monoisotopic (exact) mass is 790 g/mol. The van der Waals surface area contributed by atoms with Crippen LogP contribution in [-0.4, -0.2) is 9.97 Å². The molecule has 0 atom stereocenters. The van der Waals surface area contributed by atoms with E-state index in [-0.39, 0.29) is 0 Å². The minimum absolute atomic E-state index is 0.533. The number of fused-ring (bicyclic) bond motifs is 6. The van der Waals surface area contributed by atoms with Gasteiger partial charge in [-0.25, -0.2) is 9.97 Å². The van der Waals surface area contributed by atoms with Crippen molar-refractivity contribution in [2.45, 2.75) is 5.41 Å². The summed E-state index contributed by atoms with van der Waals surface area (Å²) in [4.78, 5) is 10.8. The van der Waals surface area contributed by atoms with Gasteiger partial charge in [-0.05, 0) is 68.3 Å². The Bertz CT molecular complexity index is 3410. The average Bonchev–Trinajstić information content (AvgIpc) is 3.89. The molecule has 11 aromatic rings. The fraction of sp³-hybridized carbons (Fsp3) is 0.0169. The summed E-state index contributed by atoms with van der Waals surface area (Å²) >= 11 is 0. The van der Waals surface area contributed by atoms with Gasteiger partial charge in [-0.1, -0.05) is 212 Å². The molecule has 0 N–H and O–H groups in total. The van der Waals surface area contributed by atoms with E-state index in [0.717, 1.165) is 72.3 Å². The van der Waals surface area contributed by atoms with Crippen LogP contribution in [0, 0.1) is 0 Å². The lowest BCUT2D eigenvalue weighted by Crippen LogP contribution is -2.28. The lowest BCUT2D eigenvalue weighted by atomic mass is 9.67. The molecule has 0 bridgehead atoms. The molecule has 3 heteroatoms. The Morgan fingerprint density at radius 3 is 1.65 bits per heavy atom. The van der Waals surface area contributed by atoms with Gasteiger partial charge < -0.3 is 4.42 Å². The Labute approximate surface area is 360 Å². The quantitative estimate of drug-likeness (QED) is 0.161. The number of rotatable bonds is 7. The van der Waals surface area contributed by atoms with Gasteiger partial charge in [-0.15, -0.1) is 0 Å². The van der Waals surface area contributed by atoms with E-state index >= 15 is 0 Å².